The molecule has 0 aliphatic heterocycles. The Bertz CT molecular complexity index is 377. The average molecular weight is 253 g/mol. The van der Waals surface area contributed by atoms with E-state index in [1.807, 2.05) is 0 Å². The summed E-state index contributed by atoms with van der Waals surface area (Å²) in [6.45, 7) is 9.12. The molecule has 2 rings (SSSR count). The van der Waals surface area contributed by atoms with E-state index >= 15 is 0 Å². The molecule has 1 aliphatic rings. The summed E-state index contributed by atoms with van der Waals surface area (Å²) in [5.41, 5.74) is 6.34. The lowest BCUT2D eigenvalue weighted by Crippen LogP contribution is -2.12. The summed E-state index contributed by atoms with van der Waals surface area (Å²) in [7, 11) is 0. The predicted octanol–water partition coefficient (Wildman–Crippen LogP) is 4.32. The van der Waals surface area contributed by atoms with E-state index in [4.69, 9.17) is 0 Å². The van der Waals surface area contributed by atoms with Crippen LogP contribution in [0.2, 0.25) is 0 Å². The highest BCUT2D eigenvalue weighted by molar-refractivity contribution is 9.09. The number of fused-ring (bicyclic) bond motifs is 1. The fourth-order valence-corrected chi connectivity index (χ4v) is 3.21. The first-order valence-corrected chi connectivity index (χ1v) is 6.08. The molecular weight excluding hydrogens is 236 g/mol. The third-order valence-electron chi connectivity index (χ3n) is 3.38. The SMILES string of the molecule is Cc1ccc(C)c2c1CC(C)(C)C2Br. The van der Waals surface area contributed by atoms with Crippen molar-refractivity contribution in [2.24, 2.45) is 5.41 Å². The maximum atomic E-state index is 3.84. The summed E-state index contributed by atoms with van der Waals surface area (Å²) in [4.78, 5) is 0.518. The lowest BCUT2D eigenvalue weighted by molar-refractivity contribution is 0.388. The highest BCUT2D eigenvalue weighted by Gasteiger charge is 2.38. The van der Waals surface area contributed by atoms with Crippen molar-refractivity contribution in [2.75, 3.05) is 0 Å². The molecule has 14 heavy (non-hydrogen) atoms. The number of alkyl halides is 1. The van der Waals surface area contributed by atoms with Crippen LogP contribution in [-0.4, -0.2) is 0 Å². The molecule has 0 N–H and O–H groups in total. The standard InChI is InChI=1S/C13H17Br/c1-8-5-6-9(2)11-10(8)7-13(3,4)12(11)14/h5-6,12H,7H2,1-4H3. The summed E-state index contributed by atoms with van der Waals surface area (Å²) in [6, 6.07) is 4.49. The van der Waals surface area contributed by atoms with Gasteiger partial charge >= 0.3 is 0 Å². The lowest BCUT2D eigenvalue weighted by Gasteiger charge is -2.22. The van der Waals surface area contributed by atoms with Crippen molar-refractivity contribution in [2.45, 2.75) is 38.9 Å². The van der Waals surface area contributed by atoms with Crippen LogP contribution in [0.25, 0.3) is 0 Å². The van der Waals surface area contributed by atoms with Crippen molar-refractivity contribution in [1.82, 2.24) is 0 Å². The fraction of sp³-hybridized carbons (Fsp3) is 0.538. The summed E-state index contributed by atoms with van der Waals surface area (Å²) < 4.78 is 0. The molecule has 1 aromatic carbocycles. The normalized spacial score (nSPS) is 23.6. The number of benzene rings is 1. The molecule has 0 fully saturated rings. The van der Waals surface area contributed by atoms with E-state index in [9.17, 15) is 0 Å². The Hall–Kier alpha value is -0.300. The molecule has 0 aromatic heterocycles. The monoisotopic (exact) mass is 252 g/mol. The highest BCUT2D eigenvalue weighted by atomic mass is 79.9. The van der Waals surface area contributed by atoms with Crippen LogP contribution in [0.5, 0.6) is 0 Å². The lowest BCUT2D eigenvalue weighted by atomic mass is 9.89. The molecule has 1 unspecified atom stereocenters. The quantitative estimate of drug-likeness (QED) is 0.604. The van der Waals surface area contributed by atoms with Gasteiger partial charge in [-0.15, -0.1) is 0 Å². The molecule has 1 aliphatic carbocycles. The Morgan fingerprint density at radius 3 is 2.36 bits per heavy atom. The van der Waals surface area contributed by atoms with Gasteiger partial charge in [0.15, 0.2) is 0 Å². The zero-order chi connectivity index (χ0) is 10.5. The minimum Gasteiger partial charge on any atom is -0.0833 e. The molecule has 0 saturated heterocycles. The van der Waals surface area contributed by atoms with Gasteiger partial charge in [-0.3, -0.25) is 0 Å². The van der Waals surface area contributed by atoms with Crippen LogP contribution in [0.15, 0.2) is 12.1 Å². The van der Waals surface area contributed by atoms with Crippen LogP contribution in [0, 0.1) is 19.3 Å². The van der Waals surface area contributed by atoms with Gasteiger partial charge in [0.25, 0.3) is 0 Å². The fourth-order valence-electron chi connectivity index (χ4n) is 2.41. The van der Waals surface area contributed by atoms with E-state index in [-0.39, 0.29) is 0 Å². The Labute approximate surface area is 94.8 Å². The van der Waals surface area contributed by atoms with Gasteiger partial charge in [0.1, 0.15) is 0 Å². The first-order valence-electron chi connectivity index (χ1n) is 5.16. The number of aryl methyl sites for hydroxylation is 2. The molecule has 0 heterocycles. The zero-order valence-corrected chi connectivity index (χ0v) is 10.9. The van der Waals surface area contributed by atoms with Gasteiger partial charge in [-0.25, -0.2) is 0 Å². The molecule has 0 amide bonds. The minimum atomic E-state index is 0.360. The van der Waals surface area contributed by atoms with Crippen LogP contribution in [0.1, 0.15) is 40.9 Å². The van der Waals surface area contributed by atoms with Gasteiger partial charge in [0, 0.05) is 4.83 Å². The first kappa shape index (κ1) is 10.2. The maximum Gasteiger partial charge on any atom is 0.0454 e. The second-order valence-corrected chi connectivity index (χ2v) is 6.04. The summed E-state index contributed by atoms with van der Waals surface area (Å²) >= 11 is 3.84. The van der Waals surface area contributed by atoms with Crippen molar-refractivity contribution >= 4 is 15.9 Å². The smallest absolute Gasteiger partial charge is 0.0454 e. The number of hydrogen-bond donors (Lipinski definition) is 0. The van der Waals surface area contributed by atoms with E-state index in [0.29, 0.717) is 10.2 Å². The van der Waals surface area contributed by atoms with Crippen LogP contribution in [0.3, 0.4) is 0 Å². The second-order valence-electron chi connectivity index (χ2n) is 5.12. The van der Waals surface area contributed by atoms with Crippen molar-refractivity contribution in [3.8, 4) is 0 Å². The summed E-state index contributed by atoms with van der Waals surface area (Å²) in [5, 5.41) is 0. The zero-order valence-electron chi connectivity index (χ0n) is 9.32. The van der Waals surface area contributed by atoms with Gasteiger partial charge in [-0.1, -0.05) is 41.9 Å². The molecule has 0 nitrogen and oxygen atoms in total. The van der Waals surface area contributed by atoms with Gasteiger partial charge in [0.05, 0.1) is 0 Å². The van der Waals surface area contributed by atoms with Crippen LogP contribution < -0.4 is 0 Å². The molecule has 1 heteroatoms. The molecule has 1 atom stereocenters. The molecule has 1 aromatic rings. The van der Waals surface area contributed by atoms with Crippen LogP contribution >= 0.6 is 15.9 Å². The molecule has 0 spiro atoms. The van der Waals surface area contributed by atoms with E-state index < -0.39 is 0 Å². The molecule has 0 radical (unpaired) electrons. The molecule has 0 saturated carbocycles. The molecule has 0 bridgehead atoms. The topological polar surface area (TPSA) is 0 Å². The second kappa shape index (κ2) is 3.10. The van der Waals surface area contributed by atoms with E-state index in [1.54, 1.807) is 5.56 Å². The van der Waals surface area contributed by atoms with Gasteiger partial charge in [-0.05, 0) is 47.9 Å². The van der Waals surface area contributed by atoms with Gasteiger partial charge in [0.2, 0.25) is 0 Å². The van der Waals surface area contributed by atoms with E-state index in [0.717, 1.165) is 0 Å². The number of halogens is 1. The van der Waals surface area contributed by atoms with E-state index in [2.05, 4.69) is 55.8 Å². The Morgan fingerprint density at radius 1 is 1.21 bits per heavy atom. The Morgan fingerprint density at radius 2 is 1.79 bits per heavy atom. The molecule has 76 valence electrons. The summed E-state index contributed by atoms with van der Waals surface area (Å²) in [6.07, 6.45) is 1.20. The molecular formula is C13H17Br. The third-order valence-corrected chi connectivity index (χ3v) is 5.08. The van der Waals surface area contributed by atoms with Crippen molar-refractivity contribution < 1.29 is 0 Å². The Kier molecular flexibility index (Phi) is 2.26. The van der Waals surface area contributed by atoms with Crippen LogP contribution in [0.4, 0.5) is 0 Å². The third kappa shape index (κ3) is 1.33. The number of rotatable bonds is 0. The Balaban J connectivity index is 2.64. The maximum absolute atomic E-state index is 3.84. The van der Waals surface area contributed by atoms with Crippen molar-refractivity contribution in [3.63, 3.8) is 0 Å². The van der Waals surface area contributed by atoms with Gasteiger partial charge < -0.3 is 0 Å². The summed E-state index contributed by atoms with van der Waals surface area (Å²) in [5.74, 6) is 0. The predicted molar refractivity (Wildman–Crippen MR) is 65.1 cm³/mol. The highest BCUT2D eigenvalue weighted by Crippen LogP contribution is 2.52. The first-order chi connectivity index (χ1) is 6.43. The minimum absolute atomic E-state index is 0.360. The van der Waals surface area contributed by atoms with Crippen molar-refractivity contribution in [3.05, 3.63) is 34.4 Å². The van der Waals surface area contributed by atoms with E-state index in [1.165, 1.54) is 23.1 Å². The van der Waals surface area contributed by atoms with Crippen molar-refractivity contribution in [1.29, 1.82) is 0 Å². The average Bonchev–Trinajstić information content (AvgIpc) is 2.33. The van der Waals surface area contributed by atoms with Crippen LogP contribution in [-0.2, 0) is 6.42 Å². The van der Waals surface area contributed by atoms with Gasteiger partial charge in [-0.2, -0.15) is 0 Å². The largest absolute Gasteiger partial charge is 0.0833 e. The number of hydrogen-bond acceptors (Lipinski definition) is 0.